The molecule has 1 heterocycles. The number of carbonyl (C=O) groups is 1. The highest BCUT2D eigenvalue weighted by atomic mass is 32.2. The summed E-state index contributed by atoms with van der Waals surface area (Å²) in [5.41, 5.74) is 1.06. The van der Waals surface area contributed by atoms with E-state index in [9.17, 15) is 13.2 Å². The molecule has 0 spiro atoms. The van der Waals surface area contributed by atoms with Crippen LogP contribution in [-0.4, -0.2) is 24.9 Å². The molecular weight excluding hydrogens is 254 g/mol. The summed E-state index contributed by atoms with van der Waals surface area (Å²) in [4.78, 5) is 11.6. The van der Waals surface area contributed by atoms with E-state index < -0.39 is 22.2 Å². The van der Waals surface area contributed by atoms with E-state index in [0.29, 0.717) is 4.31 Å². The van der Waals surface area contributed by atoms with E-state index in [1.807, 2.05) is 6.92 Å². The number of nitrogens with zero attached hydrogens (tertiary/aromatic N) is 1. The molecule has 18 heavy (non-hydrogen) atoms. The van der Waals surface area contributed by atoms with Crippen LogP contribution in [-0.2, 0) is 14.8 Å². The zero-order chi connectivity index (χ0) is 13.5. The van der Waals surface area contributed by atoms with Gasteiger partial charge in [0.15, 0.2) is 0 Å². The molecule has 0 radical (unpaired) electrons. The summed E-state index contributed by atoms with van der Waals surface area (Å²) < 4.78 is 30.0. The van der Waals surface area contributed by atoms with E-state index in [2.05, 4.69) is 6.58 Å². The number of carbonyl (C=O) groups excluding carboxylic acids is 1. The largest absolute Gasteiger partial charge is 0.439 e. The minimum Gasteiger partial charge on any atom is -0.439 e. The number of sulfonamides is 1. The van der Waals surface area contributed by atoms with E-state index in [4.69, 9.17) is 4.74 Å². The first-order chi connectivity index (χ1) is 8.34. The summed E-state index contributed by atoms with van der Waals surface area (Å²) in [5, 5.41) is 0. The van der Waals surface area contributed by atoms with Gasteiger partial charge in [-0.15, -0.1) is 0 Å². The Morgan fingerprint density at radius 2 is 1.83 bits per heavy atom. The number of hydrogen-bond acceptors (Lipinski definition) is 4. The summed E-state index contributed by atoms with van der Waals surface area (Å²) in [6.07, 6.45) is -1.54. The monoisotopic (exact) mass is 267 g/mol. The molecule has 1 amide bonds. The van der Waals surface area contributed by atoms with Crippen molar-refractivity contribution in [2.45, 2.75) is 24.8 Å². The van der Waals surface area contributed by atoms with E-state index in [0.717, 1.165) is 5.56 Å². The van der Waals surface area contributed by atoms with Crippen molar-refractivity contribution in [2.75, 3.05) is 0 Å². The van der Waals surface area contributed by atoms with Gasteiger partial charge in [-0.1, -0.05) is 24.3 Å². The zero-order valence-electron chi connectivity index (χ0n) is 10.1. The van der Waals surface area contributed by atoms with Crippen molar-refractivity contribution in [1.29, 1.82) is 0 Å². The molecule has 1 fully saturated rings. The molecule has 0 N–H and O–H groups in total. The fourth-order valence-electron chi connectivity index (χ4n) is 1.62. The maximum absolute atomic E-state index is 12.3. The lowest BCUT2D eigenvalue weighted by Crippen LogP contribution is -2.30. The van der Waals surface area contributed by atoms with Gasteiger partial charge in [0.25, 0.3) is 10.0 Å². The van der Waals surface area contributed by atoms with Crippen molar-refractivity contribution in [2.24, 2.45) is 0 Å². The Kier molecular flexibility index (Phi) is 2.90. The molecule has 0 bridgehead atoms. The average Bonchev–Trinajstić information content (AvgIpc) is 2.54. The van der Waals surface area contributed by atoms with Gasteiger partial charge in [-0.05, 0) is 26.0 Å². The molecule has 1 aromatic rings. The fraction of sp³-hybridized carbons (Fsp3) is 0.250. The summed E-state index contributed by atoms with van der Waals surface area (Å²) in [7, 11) is -3.93. The number of aryl methyl sites for hydroxylation is 1. The van der Waals surface area contributed by atoms with Crippen LogP contribution in [0, 0.1) is 6.92 Å². The number of benzene rings is 1. The van der Waals surface area contributed by atoms with Gasteiger partial charge in [-0.25, -0.2) is 13.2 Å². The highest BCUT2D eigenvalue weighted by molar-refractivity contribution is 7.89. The standard InChI is InChI=1S/C12H13NO4S/c1-8-4-6-11(7-5-8)18(15,16)13-9(2)10(3)17-12(13)14/h4-7,10H,2H2,1,3H3. The SMILES string of the molecule is C=C1C(C)OC(=O)N1S(=O)(=O)c1ccc(C)cc1. The van der Waals surface area contributed by atoms with Crippen molar-refractivity contribution < 1.29 is 17.9 Å². The number of amides is 1. The van der Waals surface area contributed by atoms with E-state index in [1.165, 1.54) is 12.1 Å². The van der Waals surface area contributed by atoms with Crippen molar-refractivity contribution in [3.05, 3.63) is 42.1 Å². The minimum absolute atomic E-state index is 0.0419. The van der Waals surface area contributed by atoms with Crippen LogP contribution in [0.15, 0.2) is 41.4 Å². The lowest BCUT2D eigenvalue weighted by Gasteiger charge is -2.15. The summed E-state index contributed by atoms with van der Waals surface area (Å²) >= 11 is 0. The molecule has 1 saturated heterocycles. The fourth-order valence-corrected chi connectivity index (χ4v) is 3.00. The second kappa shape index (κ2) is 4.13. The third-order valence-corrected chi connectivity index (χ3v) is 4.46. The molecule has 1 atom stereocenters. The third kappa shape index (κ3) is 1.88. The Morgan fingerprint density at radius 3 is 2.28 bits per heavy atom. The predicted octanol–water partition coefficient (Wildman–Crippen LogP) is 2.04. The smallest absolute Gasteiger partial charge is 0.429 e. The number of hydrogen-bond donors (Lipinski definition) is 0. The molecule has 1 aliphatic heterocycles. The molecule has 0 saturated carbocycles. The number of cyclic esters (lactones) is 1. The normalized spacial score (nSPS) is 20.1. The Hall–Kier alpha value is -1.82. The lowest BCUT2D eigenvalue weighted by molar-refractivity contribution is 0.146. The lowest BCUT2D eigenvalue weighted by atomic mass is 10.2. The molecule has 1 unspecified atom stereocenters. The Bertz CT molecular complexity index is 603. The summed E-state index contributed by atoms with van der Waals surface area (Å²) in [5.74, 6) is 0. The highest BCUT2D eigenvalue weighted by Crippen LogP contribution is 2.28. The van der Waals surface area contributed by atoms with E-state index in [-0.39, 0.29) is 10.6 Å². The van der Waals surface area contributed by atoms with Crippen molar-refractivity contribution in [1.82, 2.24) is 4.31 Å². The van der Waals surface area contributed by atoms with Crippen molar-refractivity contribution >= 4 is 16.1 Å². The molecule has 0 aliphatic carbocycles. The summed E-state index contributed by atoms with van der Waals surface area (Å²) in [6.45, 7) is 7.00. The van der Waals surface area contributed by atoms with Gasteiger partial charge >= 0.3 is 6.09 Å². The molecule has 6 heteroatoms. The van der Waals surface area contributed by atoms with Crippen LogP contribution in [0.2, 0.25) is 0 Å². The second-order valence-corrected chi connectivity index (χ2v) is 5.89. The molecule has 0 aromatic heterocycles. The van der Waals surface area contributed by atoms with Gasteiger partial charge in [0.1, 0.15) is 6.10 Å². The van der Waals surface area contributed by atoms with Gasteiger partial charge < -0.3 is 4.74 Å². The summed E-state index contributed by atoms with van der Waals surface area (Å²) in [6, 6.07) is 6.24. The van der Waals surface area contributed by atoms with E-state index in [1.54, 1.807) is 19.1 Å². The van der Waals surface area contributed by atoms with Gasteiger partial charge in [0.2, 0.25) is 0 Å². The molecule has 96 valence electrons. The van der Waals surface area contributed by atoms with Gasteiger partial charge in [-0.2, -0.15) is 4.31 Å². The van der Waals surface area contributed by atoms with Crippen LogP contribution in [0.4, 0.5) is 4.79 Å². The van der Waals surface area contributed by atoms with Crippen LogP contribution in [0.1, 0.15) is 12.5 Å². The predicted molar refractivity (Wildman–Crippen MR) is 65.3 cm³/mol. The van der Waals surface area contributed by atoms with E-state index >= 15 is 0 Å². The molecule has 1 aromatic carbocycles. The van der Waals surface area contributed by atoms with Crippen LogP contribution >= 0.6 is 0 Å². The van der Waals surface area contributed by atoms with Crippen LogP contribution in [0.3, 0.4) is 0 Å². The zero-order valence-corrected chi connectivity index (χ0v) is 10.9. The third-order valence-electron chi connectivity index (χ3n) is 2.73. The maximum atomic E-state index is 12.3. The first kappa shape index (κ1) is 12.6. The number of rotatable bonds is 2. The average molecular weight is 267 g/mol. The molecule has 1 aliphatic rings. The van der Waals surface area contributed by atoms with Crippen LogP contribution in [0.5, 0.6) is 0 Å². The first-order valence-corrected chi connectivity index (χ1v) is 6.79. The quantitative estimate of drug-likeness (QED) is 0.822. The van der Waals surface area contributed by atoms with Crippen LogP contribution < -0.4 is 0 Å². The Balaban J connectivity index is 2.46. The number of ether oxygens (including phenoxy) is 1. The highest BCUT2D eigenvalue weighted by Gasteiger charge is 2.41. The maximum Gasteiger partial charge on any atom is 0.429 e. The van der Waals surface area contributed by atoms with Gasteiger partial charge in [0, 0.05) is 0 Å². The first-order valence-electron chi connectivity index (χ1n) is 5.35. The topological polar surface area (TPSA) is 63.7 Å². The van der Waals surface area contributed by atoms with Crippen LogP contribution in [0.25, 0.3) is 0 Å². The second-order valence-electron chi connectivity index (χ2n) is 4.10. The van der Waals surface area contributed by atoms with Crippen molar-refractivity contribution in [3.8, 4) is 0 Å². The minimum atomic E-state index is -3.93. The Morgan fingerprint density at radius 1 is 1.28 bits per heavy atom. The van der Waals surface area contributed by atoms with Crippen molar-refractivity contribution in [3.63, 3.8) is 0 Å². The molecule has 2 rings (SSSR count). The molecular formula is C12H13NO4S. The van der Waals surface area contributed by atoms with Gasteiger partial charge in [0.05, 0.1) is 10.6 Å². The molecule has 5 nitrogen and oxygen atoms in total. The Labute approximate surface area is 106 Å². The van der Waals surface area contributed by atoms with Gasteiger partial charge in [-0.3, -0.25) is 0 Å².